The van der Waals surface area contributed by atoms with Crippen LogP contribution in [-0.4, -0.2) is 24.7 Å². The highest BCUT2D eigenvalue weighted by Crippen LogP contribution is 2.45. The smallest absolute Gasteiger partial charge is 0.373 e. The summed E-state index contributed by atoms with van der Waals surface area (Å²) in [4.78, 5) is 11.2. The maximum Gasteiger partial charge on any atom is 0.373 e. The number of carbonyl (C=O) groups excluding carboxylic acids is 1. The predicted molar refractivity (Wildman–Crippen MR) is 55.7 cm³/mol. The van der Waals surface area contributed by atoms with Crippen molar-refractivity contribution in [2.24, 2.45) is 11.7 Å². The Bertz CT molecular complexity index is 396. The van der Waals surface area contributed by atoms with Gasteiger partial charge in [-0.2, -0.15) is 0 Å². The molecule has 5 nitrogen and oxygen atoms in total. The lowest BCUT2D eigenvalue weighted by Crippen LogP contribution is -2.36. The quantitative estimate of drug-likeness (QED) is 0.734. The predicted octanol–water partition coefficient (Wildman–Crippen LogP) is 0.622. The molecule has 0 aliphatic heterocycles. The Labute approximate surface area is 93.2 Å². The molecule has 1 heterocycles. The van der Waals surface area contributed by atoms with E-state index in [4.69, 9.17) is 10.2 Å². The van der Waals surface area contributed by atoms with E-state index in [9.17, 15) is 9.90 Å². The van der Waals surface area contributed by atoms with Crippen molar-refractivity contribution in [2.75, 3.05) is 13.7 Å². The number of hydrogen-bond acceptors (Lipinski definition) is 5. The van der Waals surface area contributed by atoms with Crippen molar-refractivity contribution in [3.63, 3.8) is 0 Å². The van der Waals surface area contributed by atoms with Crippen molar-refractivity contribution in [3.8, 4) is 0 Å². The summed E-state index contributed by atoms with van der Waals surface area (Å²) >= 11 is 0. The summed E-state index contributed by atoms with van der Waals surface area (Å²) in [5.41, 5.74) is 4.43. The minimum absolute atomic E-state index is 0.0880. The van der Waals surface area contributed by atoms with Crippen LogP contribution in [0.1, 0.15) is 29.2 Å². The molecule has 1 fully saturated rings. The molecule has 1 aliphatic carbocycles. The standard InChI is InChI=1S/C11H15NO4/c1-15-10(13)8-4-5-9(16-8)11(14,6-12)7-2-3-7/h4-5,7,14H,2-3,6,12H2,1H3. The maximum atomic E-state index is 11.2. The van der Waals surface area contributed by atoms with Crippen molar-refractivity contribution in [2.45, 2.75) is 18.4 Å². The topological polar surface area (TPSA) is 85.7 Å². The average molecular weight is 225 g/mol. The molecule has 1 aromatic rings. The summed E-state index contributed by atoms with van der Waals surface area (Å²) in [6.07, 6.45) is 1.86. The fraction of sp³-hybridized carbons (Fsp3) is 0.545. The Morgan fingerprint density at radius 1 is 1.69 bits per heavy atom. The lowest BCUT2D eigenvalue weighted by molar-refractivity contribution is -0.000437. The molecule has 0 aromatic carbocycles. The summed E-state index contributed by atoms with van der Waals surface area (Å²) in [6, 6.07) is 3.07. The first-order valence-electron chi connectivity index (χ1n) is 5.23. The van der Waals surface area contributed by atoms with Gasteiger partial charge in [0.1, 0.15) is 11.4 Å². The van der Waals surface area contributed by atoms with Gasteiger partial charge in [0.05, 0.1) is 7.11 Å². The molecule has 0 bridgehead atoms. The highest BCUT2D eigenvalue weighted by Gasteiger charge is 2.46. The van der Waals surface area contributed by atoms with Crippen LogP contribution in [0.3, 0.4) is 0 Å². The Kier molecular flexibility index (Phi) is 2.73. The zero-order valence-electron chi connectivity index (χ0n) is 9.10. The normalized spacial score (nSPS) is 19.2. The number of nitrogens with two attached hydrogens (primary N) is 1. The van der Waals surface area contributed by atoms with Crippen molar-refractivity contribution in [3.05, 3.63) is 23.7 Å². The van der Waals surface area contributed by atoms with Crippen molar-refractivity contribution in [1.82, 2.24) is 0 Å². The fourth-order valence-corrected chi connectivity index (χ4v) is 1.81. The van der Waals surface area contributed by atoms with Gasteiger partial charge in [0.2, 0.25) is 5.76 Å². The molecule has 1 saturated carbocycles. The third-order valence-corrected chi connectivity index (χ3v) is 2.98. The molecule has 0 amide bonds. The van der Waals surface area contributed by atoms with E-state index in [1.165, 1.54) is 13.2 Å². The number of ether oxygens (including phenoxy) is 1. The largest absolute Gasteiger partial charge is 0.463 e. The van der Waals surface area contributed by atoms with Crippen molar-refractivity contribution >= 4 is 5.97 Å². The van der Waals surface area contributed by atoms with E-state index in [0.29, 0.717) is 5.76 Å². The summed E-state index contributed by atoms with van der Waals surface area (Å²) in [5.74, 6) is 0.0125. The van der Waals surface area contributed by atoms with E-state index in [2.05, 4.69) is 4.74 Å². The number of rotatable bonds is 4. The first-order chi connectivity index (χ1) is 7.61. The zero-order valence-corrected chi connectivity index (χ0v) is 9.10. The minimum atomic E-state index is -1.15. The number of esters is 1. The molecule has 16 heavy (non-hydrogen) atoms. The molecule has 1 aliphatic rings. The second kappa shape index (κ2) is 3.92. The van der Waals surface area contributed by atoms with Gasteiger partial charge in [-0.1, -0.05) is 0 Å². The van der Waals surface area contributed by atoms with E-state index in [0.717, 1.165) is 12.8 Å². The number of hydrogen-bond donors (Lipinski definition) is 2. The molecule has 2 rings (SSSR count). The monoisotopic (exact) mass is 225 g/mol. The van der Waals surface area contributed by atoms with Gasteiger partial charge in [0, 0.05) is 6.54 Å². The maximum absolute atomic E-state index is 11.2. The van der Waals surface area contributed by atoms with E-state index in [-0.39, 0.29) is 18.2 Å². The second-order valence-electron chi connectivity index (χ2n) is 4.06. The Morgan fingerprint density at radius 2 is 2.38 bits per heavy atom. The molecule has 0 spiro atoms. The van der Waals surface area contributed by atoms with Gasteiger partial charge in [-0.25, -0.2) is 4.79 Å². The van der Waals surface area contributed by atoms with Crippen LogP contribution in [0.5, 0.6) is 0 Å². The number of aliphatic hydroxyl groups is 1. The lowest BCUT2D eigenvalue weighted by atomic mass is 9.95. The molecule has 0 radical (unpaired) electrons. The van der Waals surface area contributed by atoms with E-state index in [1.807, 2.05) is 0 Å². The molecule has 1 atom stereocenters. The van der Waals surface area contributed by atoms with Crippen molar-refractivity contribution in [1.29, 1.82) is 0 Å². The first-order valence-corrected chi connectivity index (χ1v) is 5.23. The molecular weight excluding hydrogens is 210 g/mol. The van der Waals surface area contributed by atoms with Crippen LogP contribution >= 0.6 is 0 Å². The summed E-state index contributed by atoms with van der Waals surface area (Å²) in [7, 11) is 1.28. The molecule has 88 valence electrons. The van der Waals surface area contributed by atoms with Crippen LogP contribution in [-0.2, 0) is 10.3 Å². The van der Waals surface area contributed by atoms with Gasteiger partial charge >= 0.3 is 5.97 Å². The van der Waals surface area contributed by atoms with Gasteiger partial charge in [-0.15, -0.1) is 0 Å². The molecule has 1 unspecified atom stereocenters. The highest BCUT2D eigenvalue weighted by atomic mass is 16.5. The zero-order chi connectivity index (χ0) is 11.8. The average Bonchev–Trinajstić information content (AvgIpc) is 3.05. The highest BCUT2D eigenvalue weighted by molar-refractivity contribution is 5.86. The number of furan rings is 1. The van der Waals surface area contributed by atoms with E-state index < -0.39 is 11.6 Å². The third kappa shape index (κ3) is 1.72. The van der Waals surface area contributed by atoms with E-state index in [1.54, 1.807) is 6.07 Å². The number of methoxy groups -OCH3 is 1. The van der Waals surface area contributed by atoms with Crippen LogP contribution in [0, 0.1) is 5.92 Å². The molecular formula is C11H15NO4. The van der Waals surface area contributed by atoms with Crippen LogP contribution in [0.25, 0.3) is 0 Å². The SMILES string of the molecule is COC(=O)c1ccc(C(O)(CN)C2CC2)o1. The fourth-order valence-electron chi connectivity index (χ4n) is 1.81. The van der Waals surface area contributed by atoms with Gasteiger partial charge in [-0.3, -0.25) is 0 Å². The number of carbonyl (C=O) groups is 1. The molecule has 5 heteroatoms. The Balaban J connectivity index is 2.26. The van der Waals surface area contributed by atoms with Crippen LogP contribution < -0.4 is 5.73 Å². The third-order valence-electron chi connectivity index (χ3n) is 2.98. The van der Waals surface area contributed by atoms with Crippen molar-refractivity contribution < 1.29 is 19.1 Å². The van der Waals surface area contributed by atoms with E-state index >= 15 is 0 Å². The second-order valence-corrected chi connectivity index (χ2v) is 4.06. The Hall–Kier alpha value is -1.33. The Morgan fingerprint density at radius 3 is 2.88 bits per heavy atom. The summed E-state index contributed by atoms with van der Waals surface area (Å²) < 4.78 is 9.82. The molecule has 3 N–H and O–H groups in total. The minimum Gasteiger partial charge on any atom is -0.463 e. The van der Waals surface area contributed by atoms with Gasteiger partial charge in [0.15, 0.2) is 0 Å². The summed E-state index contributed by atoms with van der Waals surface area (Å²) in [6.45, 7) is 0.0891. The lowest BCUT2D eigenvalue weighted by Gasteiger charge is -2.23. The van der Waals surface area contributed by atoms with Gasteiger partial charge in [0.25, 0.3) is 0 Å². The van der Waals surface area contributed by atoms with Gasteiger partial charge in [-0.05, 0) is 30.9 Å². The van der Waals surface area contributed by atoms with Crippen LogP contribution in [0.15, 0.2) is 16.5 Å². The van der Waals surface area contributed by atoms with Gasteiger partial charge < -0.3 is 20.0 Å². The van der Waals surface area contributed by atoms with Crippen LogP contribution in [0.2, 0.25) is 0 Å². The molecule has 1 aromatic heterocycles. The first kappa shape index (κ1) is 11.2. The molecule has 0 saturated heterocycles. The summed E-state index contributed by atoms with van der Waals surface area (Å²) in [5, 5.41) is 10.3. The van der Waals surface area contributed by atoms with Crippen LogP contribution in [0.4, 0.5) is 0 Å².